The van der Waals surface area contributed by atoms with Gasteiger partial charge in [-0.1, -0.05) is 19.4 Å². The minimum Gasteiger partial charge on any atom is -0.497 e. The summed E-state index contributed by atoms with van der Waals surface area (Å²) in [6.45, 7) is 2.14. The Kier molecular flexibility index (Phi) is 5.98. The Bertz CT molecular complexity index is 905. The molecule has 0 unspecified atom stereocenters. The molecule has 2 aromatic carbocycles. The van der Waals surface area contributed by atoms with Crippen molar-refractivity contribution in [3.8, 4) is 17.2 Å². The van der Waals surface area contributed by atoms with Crippen LogP contribution in [0.4, 0.5) is 5.69 Å². The Hall–Kier alpha value is -2.99. The lowest BCUT2D eigenvalue weighted by Gasteiger charge is -2.14. The molecule has 0 saturated heterocycles. The summed E-state index contributed by atoms with van der Waals surface area (Å²) >= 11 is 0. The van der Waals surface area contributed by atoms with Gasteiger partial charge in [-0.3, -0.25) is 10.7 Å². The summed E-state index contributed by atoms with van der Waals surface area (Å²) in [5, 5.41) is 14.0. The second-order valence-electron chi connectivity index (χ2n) is 6.31. The van der Waals surface area contributed by atoms with Gasteiger partial charge >= 0.3 is 0 Å². The largest absolute Gasteiger partial charge is 0.497 e. The van der Waals surface area contributed by atoms with Crippen LogP contribution in [0.1, 0.15) is 30.2 Å². The zero-order valence-electron chi connectivity index (χ0n) is 15.9. The fourth-order valence-electron chi connectivity index (χ4n) is 3.11. The third-order valence-corrected chi connectivity index (χ3v) is 4.48. The van der Waals surface area contributed by atoms with Gasteiger partial charge in [0.1, 0.15) is 11.5 Å². The van der Waals surface area contributed by atoms with Gasteiger partial charge in [0.25, 0.3) is 0 Å². The normalized spacial score (nSPS) is 10.7. The number of benzene rings is 2. The second-order valence-corrected chi connectivity index (χ2v) is 6.31. The van der Waals surface area contributed by atoms with Crippen molar-refractivity contribution in [1.29, 1.82) is 0 Å². The number of aromatic nitrogens is 2. The molecule has 1 aromatic heterocycles. The van der Waals surface area contributed by atoms with Crippen molar-refractivity contribution in [3.05, 3.63) is 65.5 Å². The first-order valence-electron chi connectivity index (χ1n) is 8.97. The van der Waals surface area contributed by atoms with Crippen LogP contribution in [0.15, 0.2) is 48.7 Å². The first-order valence-corrected chi connectivity index (χ1v) is 8.97. The lowest BCUT2D eigenvalue weighted by molar-refractivity contribution is 0.389. The number of hydrogen-bond donors (Lipinski definition) is 2. The van der Waals surface area contributed by atoms with Crippen LogP contribution >= 0.6 is 0 Å². The van der Waals surface area contributed by atoms with Crippen molar-refractivity contribution in [2.24, 2.45) is 0 Å². The average molecular weight is 367 g/mol. The highest BCUT2D eigenvalue weighted by Crippen LogP contribution is 2.29. The van der Waals surface area contributed by atoms with Crippen LogP contribution < -0.4 is 15.0 Å². The highest BCUT2D eigenvalue weighted by molar-refractivity contribution is 5.55. The van der Waals surface area contributed by atoms with Crippen molar-refractivity contribution in [3.63, 3.8) is 0 Å². The van der Waals surface area contributed by atoms with Crippen LogP contribution in [-0.4, -0.2) is 29.2 Å². The highest BCUT2D eigenvalue weighted by atomic mass is 16.5. The smallest absolute Gasteiger partial charge is 0.126 e. The standard InChI is InChI=1S/C21H25N3O3/c1-4-5-17-10-11-24(22-17)20-9-7-18(23-25)13-16(20)12-15-6-8-19(26-2)14-21(15)27-3/h6-11,13-14,23,25H,4-5,12H2,1-3H3. The van der Waals surface area contributed by atoms with Crippen molar-refractivity contribution in [2.45, 2.75) is 26.2 Å². The monoisotopic (exact) mass is 367 g/mol. The number of nitrogens with zero attached hydrogens (tertiary/aromatic N) is 2. The molecule has 3 aromatic rings. The summed E-state index contributed by atoms with van der Waals surface area (Å²) in [4.78, 5) is 0. The number of methoxy groups -OCH3 is 2. The summed E-state index contributed by atoms with van der Waals surface area (Å²) < 4.78 is 12.7. The van der Waals surface area contributed by atoms with Gasteiger partial charge in [-0.25, -0.2) is 4.68 Å². The van der Waals surface area contributed by atoms with E-state index in [-0.39, 0.29) is 0 Å². The Morgan fingerprint density at radius 3 is 2.59 bits per heavy atom. The Morgan fingerprint density at radius 1 is 1.04 bits per heavy atom. The van der Waals surface area contributed by atoms with Crippen molar-refractivity contribution in [1.82, 2.24) is 9.78 Å². The van der Waals surface area contributed by atoms with Crippen LogP contribution in [0.2, 0.25) is 0 Å². The number of hydrogen-bond acceptors (Lipinski definition) is 5. The van der Waals surface area contributed by atoms with E-state index in [0.29, 0.717) is 12.1 Å². The first-order chi connectivity index (χ1) is 13.2. The molecular formula is C21H25N3O3. The van der Waals surface area contributed by atoms with E-state index in [1.165, 1.54) is 0 Å². The molecule has 0 bridgehead atoms. The molecule has 0 radical (unpaired) electrons. The van der Waals surface area contributed by atoms with Gasteiger partial charge in [0.05, 0.1) is 31.3 Å². The molecule has 3 rings (SSSR count). The molecule has 0 amide bonds. The molecule has 27 heavy (non-hydrogen) atoms. The average Bonchev–Trinajstić information content (AvgIpc) is 3.16. The summed E-state index contributed by atoms with van der Waals surface area (Å²) in [6.07, 6.45) is 4.60. The van der Waals surface area contributed by atoms with Gasteiger partial charge in [0, 0.05) is 18.7 Å². The Balaban J connectivity index is 2.00. The molecule has 142 valence electrons. The maximum absolute atomic E-state index is 9.32. The molecular weight excluding hydrogens is 342 g/mol. The van der Waals surface area contributed by atoms with Crippen LogP contribution in [-0.2, 0) is 12.8 Å². The first kappa shape index (κ1) is 18.8. The van der Waals surface area contributed by atoms with E-state index in [4.69, 9.17) is 9.47 Å². The Labute approximate surface area is 159 Å². The van der Waals surface area contributed by atoms with E-state index in [9.17, 15) is 5.21 Å². The fourth-order valence-corrected chi connectivity index (χ4v) is 3.11. The van der Waals surface area contributed by atoms with Gasteiger partial charge in [0.2, 0.25) is 0 Å². The van der Waals surface area contributed by atoms with Crippen molar-refractivity contribution >= 4 is 5.69 Å². The third-order valence-electron chi connectivity index (χ3n) is 4.48. The topological polar surface area (TPSA) is 68.5 Å². The summed E-state index contributed by atoms with van der Waals surface area (Å²) in [5.41, 5.74) is 6.92. The molecule has 1 heterocycles. The van der Waals surface area contributed by atoms with Crippen molar-refractivity contribution in [2.75, 3.05) is 19.7 Å². The number of rotatable bonds is 8. The van der Waals surface area contributed by atoms with Gasteiger partial charge < -0.3 is 9.47 Å². The zero-order chi connectivity index (χ0) is 19.2. The van der Waals surface area contributed by atoms with E-state index in [1.54, 1.807) is 14.2 Å². The van der Waals surface area contributed by atoms with Crippen LogP contribution in [0, 0.1) is 0 Å². The molecule has 0 saturated carbocycles. The molecule has 0 aliphatic carbocycles. The van der Waals surface area contributed by atoms with Gasteiger partial charge in [-0.05, 0) is 47.9 Å². The van der Waals surface area contributed by atoms with E-state index < -0.39 is 0 Å². The molecule has 0 aliphatic rings. The van der Waals surface area contributed by atoms with E-state index in [0.717, 1.165) is 46.8 Å². The number of aryl methyl sites for hydroxylation is 1. The third kappa shape index (κ3) is 4.23. The fraction of sp³-hybridized carbons (Fsp3) is 0.286. The van der Waals surface area contributed by atoms with Gasteiger partial charge in [-0.2, -0.15) is 5.10 Å². The maximum atomic E-state index is 9.32. The maximum Gasteiger partial charge on any atom is 0.126 e. The molecule has 6 heteroatoms. The minimum absolute atomic E-state index is 0.626. The van der Waals surface area contributed by atoms with Crippen LogP contribution in [0.5, 0.6) is 11.5 Å². The SMILES string of the molecule is CCCc1ccn(-c2ccc(NO)cc2Cc2ccc(OC)cc2OC)n1. The van der Waals surface area contributed by atoms with Crippen molar-refractivity contribution < 1.29 is 14.7 Å². The van der Waals surface area contributed by atoms with Gasteiger partial charge in [-0.15, -0.1) is 0 Å². The van der Waals surface area contributed by atoms with E-state index in [1.807, 2.05) is 53.3 Å². The quantitative estimate of drug-likeness (QED) is 0.583. The second kappa shape index (κ2) is 8.60. The lowest BCUT2D eigenvalue weighted by Crippen LogP contribution is -2.04. The highest BCUT2D eigenvalue weighted by Gasteiger charge is 2.12. The van der Waals surface area contributed by atoms with Crippen LogP contribution in [0.25, 0.3) is 5.69 Å². The molecule has 0 fully saturated rings. The van der Waals surface area contributed by atoms with E-state index >= 15 is 0 Å². The molecule has 2 N–H and O–H groups in total. The lowest BCUT2D eigenvalue weighted by atomic mass is 10.0. The summed E-state index contributed by atoms with van der Waals surface area (Å²) in [6, 6.07) is 13.5. The predicted molar refractivity (Wildman–Crippen MR) is 105 cm³/mol. The number of nitrogens with one attached hydrogen (secondary N) is 1. The van der Waals surface area contributed by atoms with E-state index in [2.05, 4.69) is 17.5 Å². The minimum atomic E-state index is 0.626. The molecule has 6 nitrogen and oxygen atoms in total. The number of anilines is 1. The summed E-state index contributed by atoms with van der Waals surface area (Å²) in [7, 11) is 3.28. The van der Waals surface area contributed by atoms with Crippen LogP contribution in [0.3, 0.4) is 0 Å². The zero-order valence-corrected chi connectivity index (χ0v) is 15.9. The Morgan fingerprint density at radius 2 is 1.89 bits per heavy atom. The predicted octanol–water partition coefficient (Wildman–Crippen LogP) is 4.23. The molecule has 0 aliphatic heterocycles. The van der Waals surface area contributed by atoms with Gasteiger partial charge in [0.15, 0.2) is 0 Å². The summed E-state index contributed by atoms with van der Waals surface area (Å²) in [5.74, 6) is 1.51. The molecule has 0 spiro atoms. The molecule has 0 atom stereocenters. The number of ether oxygens (including phenoxy) is 2.